The van der Waals surface area contributed by atoms with Crippen LogP contribution in [0.4, 0.5) is 0 Å². The Bertz CT molecular complexity index is 1910. The van der Waals surface area contributed by atoms with Gasteiger partial charge in [0.2, 0.25) is 0 Å². The molecule has 0 unspecified atom stereocenters. The van der Waals surface area contributed by atoms with Crippen molar-refractivity contribution in [3.63, 3.8) is 0 Å². The van der Waals surface area contributed by atoms with Crippen LogP contribution in [0.25, 0.3) is 6.08 Å². The quantitative estimate of drug-likeness (QED) is 0.180. The van der Waals surface area contributed by atoms with Gasteiger partial charge in [-0.2, -0.15) is 0 Å². The molecule has 0 bridgehead atoms. The number of carbonyl (C=O) groups is 1. The zero-order valence-electron chi connectivity index (χ0n) is 25.8. The lowest BCUT2D eigenvalue weighted by Gasteiger charge is -2.26. The van der Waals surface area contributed by atoms with Crippen LogP contribution in [0, 0.1) is 0 Å². The van der Waals surface area contributed by atoms with Crippen LogP contribution in [0.2, 0.25) is 5.02 Å². The summed E-state index contributed by atoms with van der Waals surface area (Å²) in [5.41, 5.74) is 2.77. The highest BCUT2D eigenvalue weighted by atomic mass is 35.5. The highest BCUT2D eigenvalue weighted by Gasteiger charge is 2.35. The zero-order chi connectivity index (χ0) is 32.1. The smallest absolute Gasteiger partial charge is 0.338 e. The minimum atomic E-state index is -0.797. The summed E-state index contributed by atoms with van der Waals surface area (Å²) in [6, 6.07) is 19.9. The minimum Gasteiger partial charge on any atom is -0.491 e. The van der Waals surface area contributed by atoms with Crippen molar-refractivity contribution in [2.75, 3.05) is 13.2 Å². The summed E-state index contributed by atoms with van der Waals surface area (Å²) in [7, 11) is 0. The van der Waals surface area contributed by atoms with E-state index in [1.165, 1.54) is 11.3 Å². The third kappa shape index (κ3) is 7.00. The lowest BCUT2D eigenvalue weighted by atomic mass is 9.95. The van der Waals surface area contributed by atoms with Gasteiger partial charge in [-0.15, -0.1) is 0 Å². The molecule has 1 aromatic heterocycles. The molecule has 5 rings (SSSR count). The van der Waals surface area contributed by atoms with Gasteiger partial charge in [0.15, 0.2) is 16.3 Å². The molecule has 0 saturated carbocycles. The molecule has 1 aliphatic rings. The van der Waals surface area contributed by atoms with Gasteiger partial charge in [-0.25, -0.2) is 9.79 Å². The van der Waals surface area contributed by atoms with E-state index in [-0.39, 0.29) is 23.8 Å². The van der Waals surface area contributed by atoms with E-state index in [0.717, 1.165) is 5.56 Å². The average Bonchev–Trinajstić information content (AvgIpc) is 3.30. The first-order chi connectivity index (χ1) is 21.7. The SMILES string of the molecule is CCOC(=O)C1=C(C)N=c2s/c(=C/c3cc(Cl)c(OCc4ccccc4)c(OCC)c3)c(=O)n2[C@H]1c1ccccc1OC(C)C. The third-order valence-electron chi connectivity index (χ3n) is 6.95. The van der Waals surface area contributed by atoms with Gasteiger partial charge in [-0.3, -0.25) is 9.36 Å². The van der Waals surface area contributed by atoms with Gasteiger partial charge in [-0.1, -0.05) is 71.5 Å². The van der Waals surface area contributed by atoms with Crippen LogP contribution in [0.15, 0.2) is 87.8 Å². The predicted molar refractivity (Wildman–Crippen MR) is 176 cm³/mol. The molecule has 0 saturated heterocycles. The molecule has 0 amide bonds. The molecular formula is C35H35ClN2O6S. The molecular weight excluding hydrogens is 612 g/mol. The first kappa shape index (κ1) is 32.1. The number of thiazole rings is 1. The molecule has 0 radical (unpaired) electrons. The van der Waals surface area contributed by atoms with Gasteiger partial charge in [0.1, 0.15) is 18.4 Å². The van der Waals surface area contributed by atoms with Crippen LogP contribution in [-0.2, 0) is 16.1 Å². The van der Waals surface area contributed by atoms with Gasteiger partial charge in [0.05, 0.1) is 40.1 Å². The lowest BCUT2D eigenvalue weighted by Crippen LogP contribution is -2.40. The van der Waals surface area contributed by atoms with Gasteiger partial charge in [0, 0.05) is 5.56 Å². The summed E-state index contributed by atoms with van der Waals surface area (Å²) in [4.78, 5) is 32.6. The predicted octanol–water partition coefficient (Wildman–Crippen LogP) is 6.22. The third-order valence-corrected chi connectivity index (χ3v) is 8.21. The standard InChI is InChI=1S/C35H35ClN2O6S/c1-6-41-28-18-24(17-26(36)32(28)43-20-23-13-9-8-10-14-23)19-29-33(39)38-31(25-15-11-12-16-27(25)44-21(3)4)30(34(40)42-7-2)22(5)37-35(38)45-29/h8-19,21,31H,6-7,20H2,1-5H3/b29-19+/t31-/m0/s1. The Morgan fingerprint density at radius 2 is 1.76 bits per heavy atom. The van der Waals surface area contributed by atoms with Crippen molar-refractivity contribution >= 4 is 35.0 Å². The maximum Gasteiger partial charge on any atom is 0.338 e. The zero-order valence-corrected chi connectivity index (χ0v) is 27.4. The average molecular weight is 647 g/mol. The van der Waals surface area contributed by atoms with E-state index in [4.69, 9.17) is 30.5 Å². The van der Waals surface area contributed by atoms with Crippen molar-refractivity contribution in [2.45, 2.75) is 53.4 Å². The first-order valence-corrected chi connectivity index (χ1v) is 16.0. The number of para-hydroxylation sites is 1. The Morgan fingerprint density at radius 1 is 1.02 bits per heavy atom. The number of hydrogen-bond acceptors (Lipinski definition) is 8. The van der Waals surface area contributed by atoms with Crippen molar-refractivity contribution in [1.82, 2.24) is 4.57 Å². The number of esters is 1. The molecule has 0 N–H and O–H groups in total. The largest absolute Gasteiger partial charge is 0.491 e. The van der Waals surface area contributed by atoms with Gasteiger partial charge < -0.3 is 18.9 Å². The number of halogens is 1. The topological polar surface area (TPSA) is 88.4 Å². The Balaban J connectivity index is 1.62. The lowest BCUT2D eigenvalue weighted by molar-refractivity contribution is -0.139. The Hall–Kier alpha value is -4.34. The second kappa shape index (κ2) is 14.2. The fourth-order valence-corrected chi connectivity index (χ4v) is 6.43. The number of hydrogen-bond donors (Lipinski definition) is 0. The highest BCUT2D eigenvalue weighted by Crippen LogP contribution is 2.38. The van der Waals surface area contributed by atoms with Crippen molar-refractivity contribution < 1.29 is 23.7 Å². The molecule has 1 aliphatic heterocycles. The van der Waals surface area contributed by atoms with E-state index in [0.29, 0.717) is 61.6 Å². The molecule has 0 spiro atoms. The molecule has 234 valence electrons. The van der Waals surface area contributed by atoms with Crippen molar-refractivity contribution in [1.29, 1.82) is 0 Å². The maximum absolute atomic E-state index is 14.2. The van der Waals surface area contributed by atoms with Crippen molar-refractivity contribution in [2.24, 2.45) is 4.99 Å². The Labute approximate surface area is 270 Å². The summed E-state index contributed by atoms with van der Waals surface area (Å²) >= 11 is 7.94. The summed E-state index contributed by atoms with van der Waals surface area (Å²) in [5.74, 6) is 0.940. The van der Waals surface area contributed by atoms with E-state index in [1.54, 1.807) is 36.6 Å². The normalized spacial score (nSPS) is 14.6. The number of carbonyl (C=O) groups excluding carboxylic acids is 1. The van der Waals surface area contributed by atoms with Gasteiger partial charge >= 0.3 is 5.97 Å². The molecule has 0 fully saturated rings. The molecule has 45 heavy (non-hydrogen) atoms. The number of fused-ring (bicyclic) bond motifs is 1. The van der Waals surface area contributed by atoms with Gasteiger partial charge in [-0.05, 0) is 70.0 Å². The van der Waals surface area contributed by atoms with E-state index in [9.17, 15) is 9.59 Å². The second-order valence-electron chi connectivity index (χ2n) is 10.5. The second-order valence-corrected chi connectivity index (χ2v) is 12.0. The van der Waals surface area contributed by atoms with Crippen LogP contribution in [0.3, 0.4) is 0 Å². The summed E-state index contributed by atoms with van der Waals surface area (Å²) in [6.45, 7) is 10.1. The number of aromatic nitrogens is 1. The number of ether oxygens (including phenoxy) is 4. The summed E-state index contributed by atoms with van der Waals surface area (Å²) in [6.07, 6.45) is 1.62. The fraction of sp³-hybridized carbons (Fsp3) is 0.286. The van der Waals surface area contributed by atoms with Crippen molar-refractivity contribution in [3.8, 4) is 17.2 Å². The number of benzene rings is 3. The maximum atomic E-state index is 14.2. The fourth-order valence-electron chi connectivity index (χ4n) is 5.11. The molecule has 3 aromatic carbocycles. The number of allylic oxidation sites excluding steroid dienone is 1. The van der Waals surface area contributed by atoms with Crippen LogP contribution >= 0.6 is 22.9 Å². The molecule has 4 aromatic rings. The molecule has 8 nitrogen and oxygen atoms in total. The molecule has 10 heteroatoms. The number of rotatable bonds is 11. The van der Waals surface area contributed by atoms with Crippen LogP contribution in [-0.4, -0.2) is 29.9 Å². The summed E-state index contributed by atoms with van der Waals surface area (Å²) < 4.78 is 25.5. The van der Waals surface area contributed by atoms with Crippen molar-refractivity contribution in [3.05, 3.63) is 119 Å². The Morgan fingerprint density at radius 3 is 2.47 bits per heavy atom. The monoisotopic (exact) mass is 646 g/mol. The van der Waals surface area contributed by atoms with Gasteiger partial charge in [0.25, 0.3) is 5.56 Å². The van der Waals surface area contributed by atoms with E-state index in [1.807, 2.05) is 75.4 Å². The van der Waals surface area contributed by atoms with Crippen LogP contribution < -0.4 is 29.1 Å². The summed E-state index contributed by atoms with van der Waals surface area (Å²) in [5, 5.41) is 0.356. The van der Waals surface area contributed by atoms with E-state index < -0.39 is 12.0 Å². The minimum absolute atomic E-state index is 0.123. The number of nitrogens with zero attached hydrogens (tertiary/aromatic N) is 2. The van der Waals surface area contributed by atoms with Crippen LogP contribution in [0.5, 0.6) is 17.2 Å². The van der Waals surface area contributed by atoms with Crippen LogP contribution in [0.1, 0.15) is 57.4 Å². The molecule has 1 atom stereocenters. The first-order valence-electron chi connectivity index (χ1n) is 14.8. The highest BCUT2D eigenvalue weighted by molar-refractivity contribution is 7.07. The Kier molecular flexibility index (Phi) is 10.1. The van der Waals surface area contributed by atoms with E-state index >= 15 is 0 Å². The molecule has 2 heterocycles. The van der Waals surface area contributed by atoms with E-state index in [2.05, 4.69) is 4.99 Å². The molecule has 0 aliphatic carbocycles.